The Morgan fingerprint density at radius 2 is 2.04 bits per heavy atom. The van der Waals surface area contributed by atoms with Gasteiger partial charge in [0.2, 0.25) is 0 Å². The average Bonchev–Trinajstić information content (AvgIpc) is 2.93. The fourth-order valence-electron chi connectivity index (χ4n) is 3.18. The minimum Gasteiger partial charge on any atom is -0.489 e. The quantitative estimate of drug-likeness (QED) is 0.267. The van der Waals surface area contributed by atoms with Crippen LogP contribution in [0, 0.1) is 0 Å². The SMILES string of the molecule is C=CCOc1ccccc1CNC(=NC)NCc1nnc2n1CCCCC2.I. The number of aliphatic imine (C=N–C) groups is 1. The van der Waals surface area contributed by atoms with Crippen molar-refractivity contribution in [2.75, 3.05) is 13.7 Å². The highest BCUT2D eigenvalue weighted by molar-refractivity contribution is 14.0. The van der Waals surface area contributed by atoms with Gasteiger partial charge in [-0.05, 0) is 18.9 Å². The van der Waals surface area contributed by atoms with E-state index in [2.05, 4.69) is 37.0 Å². The largest absolute Gasteiger partial charge is 0.489 e. The van der Waals surface area contributed by atoms with E-state index in [0.717, 1.165) is 41.9 Å². The molecule has 0 saturated heterocycles. The van der Waals surface area contributed by atoms with Crippen molar-refractivity contribution in [2.24, 2.45) is 4.99 Å². The smallest absolute Gasteiger partial charge is 0.191 e. The molecule has 152 valence electrons. The summed E-state index contributed by atoms with van der Waals surface area (Å²) < 4.78 is 7.95. The van der Waals surface area contributed by atoms with Gasteiger partial charge < -0.3 is 19.9 Å². The highest BCUT2D eigenvalue weighted by atomic mass is 127. The van der Waals surface area contributed by atoms with Crippen molar-refractivity contribution in [3.8, 4) is 5.75 Å². The van der Waals surface area contributed by atoms with Gasteiger partial charge in [0, 0.05) is 32.1 Å². The molecular formula is C20H29IN6O. The first-order valence-corrected chi connectivity index (χ1v) is 9.49. The second kappa shape index (κ2) is 11.7. The third-order valence-corrected chi connectivity index (χ3v) is 4.60. The molecule has 0 fully saturated rings. The van der Waals surface area contributed by atoms with Crippen molar-refractivity contribution in [3.05, 3.63) is 54.1 Å². The van der Waals surface area contributed by atoms with E-state index in [1.165, 1.54) is 19.3 Å². The minimum atomic E-state index is 0. The molecule has 8 heteroatoms. The molecule has 0 amide bonds. The molecule has 0 atom stereocenters. The first-order chi connectivity index (χ1) is 13.3. The van der Waals surface area contributed by atoms with Crippen molar-refractivity contribution >= 4 is 29.9 Å². The number of hydrogen-bond acceptors (Lipinski definition) is 4. The fourth-order valence-corrected chi connectivity index (χ4v) is 3.18. The highest BCUT2D eigenvalue weighted by Crippen LogP contribution is 2.17. The van der Waals surface area contributed by atoms with Gasteiger partial charge >= 0.3 is 0 Å². The lowest BCUT2D eigenvalue weighted by Gasteiger charge is -2.14. The number of fused-ring (bicyclic) bond motifs is 1. The minimum absolute atomic E-state index is 0. The summed E-state index contributed by atoms with van der Waals surface area (Å²) in [6.07, 6.45) is 6.40. The van der Waals surface area contributed by atoms with Gasteiger partial charge in [-0.2, -0.15) is 0 Å². The number of hydrogen-bond donors (Lipinski definition) is 2. The van der Waals surface area contributed by atoms with Crippen LogP contribution >= 0.6 is 24.0 Å². The van der Waals surface area contributed by atoms with Crippen LogP contribution in [0.25, 0.3) is 0 Å². The lowest BCUT2D eigenvalue weighted by molar-refractivity contribution is 0.358. The molecule has 1 aliphatic rings. The lowest BCUT2D eigenvalue weighted by atomic mass is 10.2. The van der Waals surface area contributed by atoms with Gasteiger partial charge in [-0.3, -0.25) is 4.99 Å². The third kappa shape index (κ3) is 5.95. The molecule has 7 nitrogen and oxygen atoms in total. The maximum Gasteiger partial charge on any atom is 0.191 e. The molecular weight excluding hydrogens is 467 g/mol. The number of benzene rings is 1. The van der Waals surface area contributed by atoms with Gasteiger partial charge in [-0.25, -0.2) is 0 Å². The van der Waals surface area contributed by atoms with E-state index in [4.69, 9.17) is 4.74 Å². The molecule has 2 heterocycles. The van der Waals surface area contributed by atoms with Gasteiger partial charge in [0.05, 0.1) is 6.54 Å². The van der Waals surface area contributed by atoms with Crippen molar-refractivity contribution < 1.29 is 4.74 Å². The first-order valence-electron chi connectivity index (χ1n) is 9.49. The van der Waals surface area contributed by atoms with Crippen LogP contribution in [0.3, 0.4) is 0 Å². The summed E-state index contributed by atoms with van der Waals surface area (Å²) in [7, 11) is 1.76. The Hall–Kier alpha value is -2.10. The van der Waals surface area contributed by atoms with Crippen LogP contribution in [0.4, 0.5) is 0 Å². The number of ether oxygens (including phenoxy) is 1. The maximum atomic E-state index is 5.71. The molecule has 0 radical (unpaired) electrons. The normalized spacial score (nSPS) is 13.7. The van der Waals surface area contributed by atoms with E-state index in [1.807, 2.05) is 24.3 Å². The average molecular weight is 496 g/mol. The van der Waals surface area contributed by atoms with Crippen molar-refractivity contribution in [1.82, 2.24) is 25.4 Å². The number of aromatic nitrogens is 3. The number of nitrogens with zero attached hydrogens (tertiary/aromatic N) is 4. The summed E-state index contributed by atoms with van der Waals surface area (Å²) in [5, 5.41) is 15.4. The second-order valence-corrected chi connectivity index (χ2v) is 6.48. The fraction of sp³-hybridized carbons (Fsp3) is 0.450. The van der Waals surface area contributed by atoms with E-state index in [0.29, 0.717) is 19.7 Å². The predicted molar refractivity (Wildman–Crippen MR) is 122 cm³/mol. The van der Waals surface area contributed by atoms with E-state index in [-0.39, 0.29) is 24.0 Å². The highest BCUT2D eigenvalue weighted by Gasteiger charge is 2.14. The zero-order valence-corrected chi connectivity index (χ0v) is 18.7. The Morgan fingerprint density at radius 3 is 2.86 bits per heavy atom. The van der Waals surface area contributed by atoms with Crippen LogP contribution < -0.4 is 15.4 Å². The van der Waals surface area contributed by atoms with E-state index < -0.39 is 0 Å². The van der Waals surface area contributed by atoms with Gasteiger partial charge in [-0.15, -0.1) is 34.2 Å². The number of para-hydroxylation sites is 1. The zero-order valence-electron chi connectivity index (χ0n) is 16.4. The van der Waals surface area contributed by atoms with Crippen LogP contribution in [-0.2, 0) is 26.1 Å². The van der Waals surface area contributed by atoms with Crippen molar-refractivity contribution in [2.45, 2.75) is 45.3 Å². The molecule has 28 heavy (non-hydrogen) atoms. The van der Waals surface area contributed by atoms with E-state index >= 15 is 0 Å². The van der Waals surface area contributed by atoms with Crippen molar-refractivity contribution in [3.63, 3.8) is 0 Å². The molecule has 0 bridgehead atoms. The van der Waals surface area contributed by atoms with Gasteiger partial charge in [0.15, 0.2) is 11.8 Å². The standard InChI is InChI=1S/C20H28N6O.HI/c1-3-13-27-17-10-7-6-9-16(17)14-22-20(21-2)23-15-19-25-24-18-11-5-4-8-12-26(18)19;/h3,6-7,9-10H,1,4-5,8,11-15H2,2H3,(H2,21,22,23);1H. The molecule has 1 aromatic carbocycles. The molecule has 1 aliphatic heterocycles. The van der Waals surface area contributed by atoms with Crippen molar-refractivity contribution in [1.29, 1.82) is 0 Å². The summed E-state index contributed by atoms with van der Waals surface area (Å²) in [4.78, 5) is 4.30. The molecule has 0 saturated carbocycles. The monoisotopic (exact) mass is 496 g/mol. The summed E-state index contributed by atoms with van der Waals surface area (Å²) in [5.41, 5.74) is 1.07. The van der Waals surface area contributed by atoms with Crippen LogP contribution in [0.2, 0.25) is 0 Å². The number of guanidine groups is 1. The van der Waals surface area contributed by atoms with Gasteiger partial charge in [0.1, 0.15) is 18.2 Å². The molecule has 2 N–H and O–H groups in total. The first kappa shape index (κ1) is 22.2. The van der Waals surface area contributed by atoms with Crippen LogP contribution in [-0.4, -0.2) is 34.4 Å². The molecule has 3 rings (SSSR count). The molecule has 2 aromatic rings. The Labute approximate surface area is 183 Å². The van der Waals surface area contributed by atoms with E-state index in [1.54, 1.807) is 13.1 Å². The molecule has 1 aromatic heterocycles. The Bertz CT molecular complexity index is 789. The summed E-state index contributed by atoms with van der Waals surface area (Å²) >= 11 is 0. The summed E-state index contributed by atoms with van der Waals surface area (Å²) in [5.74, 6) is 3.63. The Balaban J connectivity index is 0.00000280. The maximum absolute atomic E-state index is 5.71. The van der Waals surface area contributed by atoms with Crippen LogP contribution in [0.5, 0.6) is 5.75 Å². The molecule has 0 spiro atoms. The zero-order chi connectivity index (χ0) is 18.9. The number of aryl methyl sites for hydroxylation is 1. The van der Waals surface area contributed by atoms with Gasteiger partial charge in [-0.1, -0.05) is 37.3 Å². The molecule has 0 unspecified atom stereocenters. The van der Waals surface area contributed by atoms with E-state index in [9.17, 15) is 0 Å². The summed E-state index contributed by atoms with van der Waals surface area (Å²) in [6.45, 7) is 6.40. The summed E-state index contributed by atoms with van der Waals surface area (Å²) in [6, 6.07) is 7.96. The number of nitrogens with one attached hydrogen (secondary N) is 2. The number of halogens is 1. The lowest BCUT2D eigenvalue weighted by Crippen LogP contribution is -2.37. The Kier molecular flexibility index (Phi) is 9.26. The second-order valence-electron chi connectivity index (χ2n) is 6.48. The predicted octanol–water partition coefficient (Wildman–Crippen LogP) is 3.05. The molecule has 0 aliphatic carbocycles. The third-order valence-electron chi connectivity index (χ3n) is 4.60. The van der Waals surface area contributed by atoms with Crippen LogP contribution in [0.1, 0.15) is 36.5 Å². The van der Waals surface area contributed by atoms with Gasteiger partial charge in [0.25, 0.3) is 0 Å². The van der Waals surface area contributed by atoms with Crippen LogP contribution in [0.15, 0.2) is 41.9 Å². The topological polar surface area (TPSA) is 76.4 Å². The number of rotatable bonds is 7. The Morgan fingerprint density at radius 1 is 1.21 bits per heavy atom.